The number of carbonyl (C=O) groups is 2. The smallest absolute Gasteiger partial charge is 0.185 e. The molecule has 5 heteroatoms. The monoisotopic (exact) mass is 282 g/mol. The molecule has 1 aromatic carbocycles. The minimum Gasteiger partial charge on any atom is -0.390 e. The van der Waals surface area contributed by atoms with Crippen LogP contribution in [0.3, 0.4) is 0 Å². The fraction of sp³-hybridized carbons (Fsp3) is 0.429. The van der Waals surface area contributed by atoms with Crippen molar-refractivity contribution in [2.75, 3.05) is 5.75 Å². The van der Waals surface area contributed by atoms with Crippen LogP contribution in [0.15, 0.2) is 24.3 Å². The van der Waals surface area contributed by atoms with E-state index in [0.29, 0.717) is 16.9 Å². The number of hydrogen-bond acceptors (Lipinski definition) is 5. The van der Waals surface area contributed by atoms with E-state index in [1.165, 1.54) is 13.8 Å². The fourth-order valence-corrected chi connectivity index (χ4v) is 2.41. The maximum atomic E-state index is 11.5. The number of Topliss-reactive ketones (excluding diaryl/α,β-unsaturated/α-hetero) is 1. The predicted molar refractivity (Wildman–Crippen MR) is 75.2 cm³/mol. The van der Waals surface area contributed by atoms with E-state index in [9.17, 15) is 19.8 Å². The maximum absolute atomic E-state index is 11.5. The third-order valence-electron chi connectivity index (χ3n) is 2.74. The minimum atomic E-state index is -1.12. The van der Waals surface area contributed by atoms with Gasteiger partial charge in [-0.3, -0.25) is 9.59 Å². The van der Waals surface area contributed by atoms with E-state index in [1.807, 2.05) is 0 Å². The molecule has 2 atom stereocenters. The second kappa shape index (κ2) is 7.43. The Kier molecular flexibility index (Phi) is 6.21. The van der Waals surface area contributed by atoms with Crippen LogP contribution in [0, 0.1) is 0 Å². The Hall–Kier alpha value is -1.17. The third-order valence-corrected chi connectivity index (χ3v) is 3.59. The number of benzene rings is 1. The van der Waals surface area contributed by atoms with Gasteiger partial charge in [-0.15, -0.1) is 0 Å². The molecule has 0 aliphatic rings. The van der Waals surface area contributed by atoms with Crippen LogP contribution in [0.5, 0.6) is 0 Å². The molecule has 104 valence electrons. The van der Waals surface area contributed by atoms with Crippen molar-refractivity contribution >= 4 is 22.7 Å². The number of hydrogen-bond donors (Lipinski definition) is 2. The Morgan fingerprint density at radius 3 is 2.42 bits per heavy atom. The summed E-state index contributed by atoms with van der Waals surface area (Å²) in [5.74, 6) is 0.287. The molecule has 1 rings (SSSR count). The van der Waals surface area contributed by atoms with Crippen molar-refractivity contribution in [1.29, 1.82) is 0 Å². The van der Waals surface area contributed by atoms with Gasteiger partial charge in [0.15, 0.2) is 10.9 Å². The van der Waals surface area contributed by atoms with Crippen LogP contribution in [0.1, 0.15) is 42.3 Å². The molecule has 4 nitrogen and oxygen atoms in total. The van der Waals surface area contributed by atoms with Gasteiger partial charge in [-0.05, 0) is 18.9 Å². The average molecular weight is 282 g/mol. The first kappa shape index (κ1) is 15.9. The molecule has 0 aliphatic heterocycles. The zero-order valence-electron chi connectivity index (χ0n) is 11.0. The molecule has 0 bridgehead atoms. The first-order chi connectivity index (χ1) is 8.93. The molecule has 0 heterocycles. The van der Waals surface area contributed by atoms with Crippen molar-refractivity contribution in [2.24, 2.45) is 0 Å². The number of thioether (sulfide) groups is 1. The SMILES string of the molecule is CC(=O)SCCC(O)C(O)c1ccccc1C(C)=O. The van der Waals surface area contributed by atoms with E-state index in [4.69, 9.17) is 0 Å². The quantitative estimate of drug-likeness (QED) is 0.780. The van der Waals surface area contributed by atoms with Crippen molar-refractivity contribution in [3.05, 3.63) is 35.4 Å². The average Bonchev–Trinajstić information content (AvgIpc) is 2.37. The van der Waals surface area contributed by atoms with Crippen molar-refractivity contribution in [2.45, 2.75) is 32.5 Å². The summed E-state index contributed by atoms with van der Waals surface area (Å²) in [5.41, 5.74) is 0.837. The van der Waals surface area contributed by atoms with Crippen LogP contribution in [0.4, 0.5) is 0 Å². The molecular formula is C14H18O4S. The van der Waals surface area contributed by atoms with Crippen LogP contribution in [0.2, 0.25) is 0 Å². The normalized spacial score (nSPS) is 13.9. The molecule has 0 amide bonds. The molecule has 0 radical (unpaired) electrons. The van der Waals surface area contributed by atoms with Gasteiger partial charge in [-0.1, -0.05) is 36.0 Å². The Bertz CT molecular complexity index is 459. The van der Waals surface area contributed by atoms with Gasteiger partial charge in [-0.2, -0.15) is 0 Å². The van der Waals surface area contributed by atoms with Crippen molar-refractivity contribution in [3.8, 4) is 0 Å². The molecule has 0 fully saturated rings. The summed E-state index contributed by atoms with van der Waals surface area (Å²) in [6.45, 7) is 2.88. The Morgan fingerprint density at radius 1 is 1.21 bits per heavy atom. The highest BCUT2D eigenvalue weighted by Gasteiger charge is 2.22. The lowest BCUT2D eigenvalue weighted by molar-refractivity contribution is -0.109. The topological polar surface area (TPSA) is 74.6 Å². The fourth-order valence-electron chi connectivity index (χ4n) is 1.76. The lowest BCUT2D eigenvalue weighted by atomic mass is 9.95. The number of rotatable bonds is 6. The zero-order chi connectivity index (χ0) is 14.4. The molecule has 2 unspecified atom stereocenters. The highest BCUT2D eigenvalue weighted by molar-refractivity contribution is 8.13. The summed E-state index contributed by atoms with van der Waals surface area (Å²) in [4.78, 5) is 22.2. The van der Waals surface area contributed by atoms with Crippen molar-refractivity contribution in [1.82, 2.24) is 0 Å². The molecule has 0 spiro atoms. The molecular weight excluding hydrogens is 264 g/mol. The van der Waals surface area contributed by atoms with Gasteiger partial charge in [-0.25, -0.2) is 0 Å². The van der Waals surface area contributed by atoms with E-state index in [0.717, 1.165) is 11.8 Å². The predicted octanol–water partition coefficient (Wildman–Crippen LogP) is 1.95. The van der Waals surface area contributed by atoms with Gasteiger partial charge in [0.2, 0.25) is 0 Å². The molecule has 0 saturated carbocycles. The Morgan fingerprint density at radius 2 is 1.84 bits per heavy atom. The Balaban J connectivity index is 2.73. The van der Waals surface area contributed by atoms with Crippen LogP contribution in [-0.4, -0.2) is 33.0 Å². The second-order valence-electron chi connectivity index (χ2n) is 4.28. The third kappa shape index (κ3) is 4.78. The van der Waals surface area contributed by atoms with E-state index >= 15 is 0 Å². The van der Waals surface area contributed by atoms with E-state index < -0.39 is 12.2 Å². The van der Waals surface area contributed by atoms with Crippen molar-refractivity contribution in [3.63, 3.8) is 0 Å². The number of aliphatic hydroxyl groups is 2. The lowest BCUT2D eigenvalue weighted by Gasteiger charge is -2.19. The summed E-state index contributed by atoms with van der Waals surface area (Å²) in [6.07, 6.45) is -1.82. The van der Waals surface area contributed by atoms with Crippen LogP contribution < -0.4 is 0 Å². The van der Waals surface area contributed by atoms with Crippen molar-refractivity contribution < 1.29 is 19.8 Å². The number of ketones is 1. The van der Waals surface area contributed by atoms with Gasteiger partial charge in [0, 0.05) is 18.2 Å². The largest absolute Gasteiger partial charge is 0.390 e. The highest BCUT2D eigenvalue weighted by atomic mass is 32.2. The molecule has 19 heavy (non-hydrogen) atoms. The molecule has 0 saturated heterocycles. The van der Waals surface area contributed by atoms with E-state index in [2.05, 4.69) is 0 Å². The summed E-state index contributed by atoms with van der Waals surface area (Å²) in [5, 5.41) is 20.0. The number of carbonyl (C=O) groups excluding carboxylic acids is 2. The summed E-state index contributed by atoms with van der Waals surface area (Å²) < 4.78 is 0. The highest BCUT2D eigenvalue weighted by Crippen LogP contribution is 2.24. The second-order valence-corrected chi connectivity index (χ2v) is 5.56. The van der Waals surface area contributed by atoms with Gasteiger partial charge in [0.05, 0.1) is 6.10 Å². The van der Waals surface area contributed by atoms with Crippen LogP contribution in [-0.2, 0) is 4.79 Å². The summed E-state index contributed by atoms with van der Waals surface area (Å²) in [6, 6.07) is 6.67. The standard InChI is InChI=1S/C14H18O4S/c1-9(15)11-5-3-4-6-12(11)14(18)13(17)7-8-19-10(2)16/h3-6,13-14,17-18H,7-8H2,1-2H3. The number of aliphatic hydroxyl groups excluding tert-OH is 2. The lowest BCUT2D eigenvalue weighted by Crippen LogP contribution is -2.21. The van der Waals surface area contributed by atoms with E-state index in [1.54, 1.807) is 24.3 Å². The van der Waals surface area contributed by atoms with Gasteiger partial charge >= 0.3 is 0 Å². The summed E-state index contributed by atoms with van der Waals surface area (Å²) in [7, 11) is 0. The van der Waals surface area contributed by atoms with E-state index in [-0.39, 0.29) is 17.3 Å². The van der Waals surface area contributed by atoms with Gasteiger partial charge in [0.25, 0.3) is 0 Å². The van der Waals surface area contributed by atoms with Gasteiger partial charge in [0.1, 0.15) is 6.10 Å². The van der Waals surface area contributed by atoms with Gasteiger partial charge < -0.3 is 10.2 Å². The molecule has 0 aromatic heterocycles. The molecule has 0 aliphatic carbocycles. The minimum absolute atomic E-state index is 0.0224. The Labute approximate surface area is 116 Å². The maximum Gasteiger partial charge on any atom is 0.185 e. The molecule has 1 aromatic rings. The van der Waals surface area contributed by atoms with Crippen LogP contribution >= 0.6 is 11.8 Å². The van der Waals surface area contributed by atoms with Crippen LogP contribution in [0.25, 0.3) is 0 Å². The zero-order valence-corrected chi connectivity index (χ0v) is 11.8. The first-order valence-corrected chi connectivity index (χ1v) is 7.01. The first-order valence-electron chi connectivity index (χ1n) is 6.03. The summed E-state index contributed by atoms with van der Waals surface area (Å²) >= 11 is 1.11. The molecule has 2 N–H and O–H groups in total.